The molecule has 132 valence electrons. The molecule has 4 rings (SSSR count). The third-order valence-corrected chi connectivity index (χ3v) is 6.45. The molecule has 3 aliphatic rings. The molecule has 0 bridgehead atoms. The van der Waals surface area contributed by atoms with E-state index in [-0.39, 0.29) is 11.5 Å². The Hall–Kier alpha value is -1.63. The summed E-state index contributed by atoms with van der Waals surface area (Å²) in [6.45, 7) is 4.79. The lowest BCUT2D eigenvalue weighted by Gasteiger charge is -2.39. The van der Waals surface area contributed by atoms with Crippen molar-refractivity contribution in [1.29, 1.82) is 0 Å². The van der Waals surface area contributed by atoms with Gasteiger partial charge in [0.15, 0.2) is 5.17 Å². The van der Waals surface area contributed by atoms with Crippen molar-refractivity contribution < 1.29 is 14.3 Å². The summed E-state index contributed by atoms with van der Waals surface area (Å²) in [6.07, 6.45) is 1.85. The Morgan fingerprint density at radius 3 is 2.88 bits per heavy atom. The molecule has 3 aliphatic heterocycles. The highest BCUT2D eigenvalue weighted by atomic mass is 32.2. The molecule has 0 radical (unpaired) electrons. The Labute approximate surface area is 152 Å². The molecule has 0 unspecified atom stereocenters. The second kappa shape index (κ2) is 6.59. The maximum atomic E-state index is 12.2. The molecule has 1 amide bonds. The van der Waals surface area contributed by atoms with Crippen LogP contribution in [0.4, 0.5) is 0 Å². The van der Waals surface area contributed by atoms with Gasteiger partial charge in [-0.2, -0.15) is 4.99 Å². The number of benzene rings is 1. The van der Waals surface area contributed by atoms with Crippen LogP contribution in [0.2, 0.25) is 0 Å². The molecule has 0 N–H and O–H groups in total. The molecule has 1 spiro atoms. The maximum absolute atomic E-state index is 12.2. The summed E-state index contributed by atoms with van der Waals surface area (Å²) in [5.41, 5.74) is 3.42. The second-order valence-corrected chi connectivity index (χ2v) is 7.75. The molecular weight excluding hydrogens is 336 g/mol. The van der Waals surface area contributed by atoms with Crippen LogP contribution in [0.1, 0.15) is 30.9 Å². The molecule has 6 heteroatoms. The summed E-state index contributed by atoms with van der Waals surface area (Å²) in [5, 5.41) is 0.816. The molecule has 1 saturated heterocycles. The number of likely N-dealkylation sites (tertiary alicyclic amines) is 1. The number of nitrogens with zero attached hydrogens (tertiary/aromatic N) is 2. The van der Waals surface area contributed by atoms with Gasteiger partial charge in [-0.05, 0) is 48.2 Å². The van der Waals surface area contributed by atoms with E-state index in [1.54, 1.807) is 7.11 Å². The lowest BCUT2D eigenvalue weighted by molar-refractivity contribution is -0.113. The summed E-state index contributed by atoms with van der Waals surface area (Å²) in [7, 11) is 1.64. The highest BCUT2D eigenvalue weighted by Gasteiger charge is 2.43. The lowest BCUT2D eigenvalue weighted by atomic mass is 9.84. The van der Waals surface area contributed by atoms with Crippen LogP contribution in [-0.2, 0) is 26.5 Å². The van der Waals surface area contributed by atoms with Crippen LogP contribution in [-0.4, -0.2) is 42.8 Å². The van der Waals surface area contributed by atoms with Crippen molar-refractivity contribution in [1.82, 2.24) is 4.90 Å². The van der Waals surface area contributed by atoms with Gasteiger partial charge in [-0.1, -0.05) is 24.3 Å². The number of amidine groups is 1. The summed E-state index contributed by atoms with van der Waals surface area (Å²) >= 11 is 1.48. The molecule has 25 heavy (non-hydrogen) atoms. The third-order valence-electron chi connectivity index (χ3n) is 5.19. The molecule has 3 heterocycles. The quantitative estimate of drug-likeness (QED) is 0.761. The average Bonchev–Trinajstić information content (AvgIpc) is 3.18. The second-order valence-electron chi connectivity index (χ2n) is 6.77. The van der Waals surface area contributed by atoms with Crippen molar-refractivity contribution in [2.45, 2.75) is 32.0 Å². The first kappa shape index (κ1) is 16.8. The molecule has 0 atom stereocenters. The van der Waals surface area contributed by atoms with Crippen LogP contribution in [0.5, 0.6) is 0 Å². The Morgan fingerprint density at radius 2 is 2.12 bits per heavy atom. The normalized spacial score (nSPS) is 23.8. The Balaban J connectivity index is 1.46. The number of methoxy groups -OCH3 is 1. The smallest absolute Gasteiger partial charge is 0.286 e. The zero-order chi connectivity index (χ0) is 17.4. The van der Waals surface area contributed by atoms with E-state index in [4.69, 9.17) is 9.47 Å². The fourth-order valence-electron chi connectivity index (χ4n) is 3.84. The van der Waals surface area contributed by atoms with E-state index in [0.29, 0.717) is 18.1 Å². The molecule has 0 saturated carbocycles. The minimum atomic E-state index is -0.161. The predicted octanol–water partition coefficient (Wildman–Crippen LogP) is 3.06. The van der Waals surface area contributed by atoms with Crippen molar-refractivity contribution in [2.75, 3.05) is 26.8 Å². The van der Waals surface area contributed by atoms with Crippen molar-refractivity contribution in [3.8, 4) is 0 Å². The first-order chi connectivity index (χ1) is 12.1. The molecule has 1 fully saturated rings. The molecule has 0 aliphatic carbocycles. The number of aliphatic imine (C=N–C) groups is 1. The topological polar surface area (TPSA) is 51.1 Å². The van der Waals surface area contributed by atoms with Gasteiger partial charge in [0.1, 0.15) is 0 Å². The molecule has 0 aromatic heterocycles. The van der Waals surface area contributed by atoms with Crippen molar-refractivity contribution >= 4 is 22.8 Å². The number of piperidine rings is 1. The van der Waals surface area contributed by atoms with Gasteiger partial charge in [0.05, 0.1) is 23.7 Å². The number of hydrogen-bond acceptors (Lipinski definition) is 5. The molecular formula is C19H22N2O3S. The number of ether oxygens (including phenoxy) is 2. The Bertz CT molecular complexity index is 764. The van der Waals surface area contributed by atoms with Crippen LogP contribution < -0.4 is 0 Å². The number of amides is 1. The van der Waals surface area contributed by atoms with E-state index >= 15 is 0 Å². The lowest BCUT2D eigenvalue weighted by Crippen LogP contribution is -2.44. The van der Waals surface area contributed by atoms with Gasteiger partial charge in [0, 0.05) is 20.2 Å². The Kier molecular flexibility index (Phi) is 4.43. The molecule has 1 aromatic carbocycles. The van der Waals surface area contributed by atoms with Crippen LogP contribution in [0, 0.1) is 0 Å². The van der Waals surface area contributed by atoms with Crippen LogP contribution in [0.15, 0.2) is 39.7 Å². The van der Waals surface area contributed by atoms with E-state index in [9.17, 15) is 4.79 Å². The minimum absolute atomic E-state index is 0.141. The van der Waals surface area contributed by atoms with Gasteiger partial charge in [0.25, 0.3) is 5.91 Å². The van der Waals surface area contributed by atoms with Crippen molar-refractivity contribution in [3.63, 3.8) is 0 Å². The van der Waals surface area contributed by atoms with Gasteiger partial charge >= 0.3 is 0 Å². The summed E-state index contributed by atoms with van der Waals surface area (Å²) in [6, 6.07) is 8.51. The fourth-order valence-corrected chi connectivity index (χ4v) is 4.83. The summed E-state index contributed by atoms with van der Waals surface area (Å²) in [5.74, 6) is -0.141. The summed E-state index contributed by atoms with van der Waals surface area (Å²) < 4.78 is 11.3. The fraction of sp³-hybridized carbons (Fsp3) is 0.474. The van der Waals surface area contributed by atoms with Gasteiger partial charge in [-0.25, -0.2) is 0 Å². The van der Waals surface area contributed by atoms with E-state index in [1.165, 1.54) is 22.9 Å². The zero-order valence-corrected chi connectivity index (χ0v) is 15.4. The molecule has 5 nitrogen and oxygen atoms in total. The molecule has 1 aromatic rings. The monoisotopic (exact) mass is 358 g/mol. The van der Waals surface area contributed by atoms with Crippen LogP contribution in [0.25, 0.3) is 0 Å². The summed E-state index contributed by atoms with van der Waals surface area (Å²) in [4.78, 5) is 19.4. The number of hydrogen-bond donors (Lipinski definition) is 0. The first-order valence-electron chi connectivity index (χ1n) is 8.60. The first-order valence-corrected chi connectivity index (χ1v) is 9.41. The minimum Gasteiger partial charge on any atom is -0.380 e. The largest absolute Gasteiger partial charge is 0.380 e. The van der Waals surface area contributed by atoms with Gasteiger partial charge in [0.2, 0.25) is 0 Å². The van der Waals surface area contributed by atoms with Gasteiger partial charge < -0.3 is 14.4 Å². The number of fused-ring (bicyclic) bond motifs is 2. The predicted molar refractivity (Wildman–Crippen MR) is 98.3 cm³/mol. The van der Waals surface area contributed by atoms with Gasteiger partial charge in [-0.15, -0.1) is 0 Å². The van der Waals surface area contributed by atoms with E-state index < -0.39 is 0 Å². The van der Waals surface area contributed by atoms with E-state index in [1.807, 2.05) is 6.92 Å². The number of carbonyl (C=O) groups excluding carboxylic acids is 1. The number of thioether (sulfide) groups is 1. The van der Waals surface area contributed by atoms with E-state index in [0.717, 1.165) is 36.7 Å². The van der Waals surface area contributed by atoms with Crippen LogP contribution >= 0.6 is 11.8 Å². The van der Waals surface area contributed by atoms with Crippen molar-refractivity contribution in [2.24, 2.45) is 4.99 Å². The maximum Gasteiger partial charge on any atom is 0.286 e. The average molecular weight is 358 g/mol. The zero-order valence-electron chi connectivity index (χ0n) is 14.6. The highest BCUT2D eigenvalue weighted by Crippen LogP contribution is 2.45. The number of carbonyl (C=O) groups is 1. The SMILES string of the molecule is COC/C(C)=C1\SC(N2CCC3(CC2)OCc2ccccc23)=NC1=O. The van der Waals surface area contributed by atoms with Crippen LogP contribution in [0.3, 0.4) is 0 Å². The highest BCUT2D eigenvalue weighted by molar-refractivity contribution is 8.18. The Morgan fingerprint density at radius 1 is 1.36 bits per heavy atom. The third kappa shape index (κ3) is 2.92. The standard InChI is InChI=1S/C19H22N2O3S/c1-13(11-23-2)16-17(22)20-18(25-16)21-9-7-19(8-10-21)15-6-4-3-5-14(15)12-24-19/h3-6H,7-12H2,1-2H3/b16-13-. The van der Waals surface area contributed by atoms with E-state index in [2.05, 4.69) is 34.2 Å². The van der Waals surface area contributed by atoms with Crippen molar-refractivity contribution in [3.05, 3.63) is 45.9 Å². The number of rotatable bonds is 2. The van der Waals surface area contributed by atoms with Gasteiger partial charge in [-0.3, -0.25) is 4.79 Å².